The van der Waals surface area contributed by atoms with Crippen LogP contribution in [0.3, 0.4) is 0 Å². The highest BCUT2D eigenvalue weighted by Crippen LogP contribution is 2.21. The van der Waals surface area contributed by atoms with E-state index in [2.05, 4.69) is 10.6 Å². The standard InChI is InChI=1S/C20H29N3O4/c1-13(2)23-11-16(10-19(23)25)20(26)22-9-8-21-18(24)12-27-17-7-5-6-14(3)15(17)4/h5-7,13,16H,8-12H2,1-4H3,(H,21,24)(H,22,26). The summed E-state index contributed by atoms with van der Waals surface area (Å²) in [5.41, 5.74) is 2.12. The Labute approximate surface area is 160 Å². The van der Waals surface area contributed by atoms with Crippen molar-refractivity contribution < 1.29 is 19.1 Å². The molecule has 7 heteroatoms. The number of benzene rings is 1. The Balaban J connectivity index is 1.65. The van der Waals surface area contributed by atoms with Crippen LogP contribution < -0.4 is 15.4 Å². The molecule has 1 aromatic carbocycles. The lowest BCUT2D eigenvalue weighted by atomic mass is 10.1. The quantitative estimate of drug-likeness (QED) is 0.668. The molecule has 1 atom stereocenters. The van der Waals surface area contributed by atoms with Crippen LogP contribution in [-0.2, 0) is 14.4 Å². The summed E-state index contributed by atoms with van der Waals surface area (Å²) in [6, 6.07) is 5.81. The zero-order chi connectivity index (χ0) is 20.0. The summed E-state index contributed by atoms with van der Waals surface area (Å²) < 4.78 is 5.54. The lowest BCUT2D eigenvalue weighted by Gasteiger charge is -2.20. The third kappa shape index (κ3) is 5.70. The minimum absolute atomic E-state index is 0.0158. The van der Waals surface area contributed by atoms with Crippen LogP contribution in [0.2, 0.25) is 0 Å². The fourth-order valence-corrected chi connectivity index (χ4v) is 3.01. The first-order valence-electron chi connectivity index (χ1n) is 9.32. The number of nitrogens with zero attached hydrogens (tertiary/aromatic N) is 1. The highest BCUT2D eigenvalue weighted by Gasteiger charge is 2.35. The predicted molar refractivity (Wildman–Crippen MR) is 102 cm³/mol. The van der Waals surface area contributed by atoms with E-state index in [1.807, 2.05) is 45.9 Å². The summed E-state index contributed by atoms with van der Waals surface area (Å²) in [6.45, 7) is 8.84. The molecule has 27 heavy (non-hydrogen) atoms. The summed E-state index contributed by atoms with van der Waals surface area (Å²) >= 11 is 0. The van der Waals surface area contributed by atoms with Crippen molar-refractivity contribution in [1.82, 2.24) is 15.5 Å². The van der Waals surface area contributed by atoms with Gasteiger partial charge in [-0.15, -0.1) is 0 Å². The first-order chi connectivity index (χ1) is 12.8. The summed E-state index contributed by atoms with van der Waals surface area (Å²) in [5.74, 6) is 0.00361. The molecule has 1 fully saturated rings. The molecule has 1 saturated heterocycles. The normalized spacial score (nSPS) is 16.6. The van der Waals surface area contributed by atoms with Crippen LogP contribution >= 0.6 is 0 Å². The smallest absolute Gasteiger partial charge is 0.258 e. The Kier molecular flexibility index (Phi) is 7.21. The summed E-state index contributed by atoms with van der Waals surface area (Å²) in [6.07, 6.45) is 0.250. The zero-order valence-corrected chi connectivity index (χ0v) is 16.5. The fraction of sp³-hybridized carbons (Fsp3) is 0.550. The van der Waals surface area contributed by atoms with E-state index in [0.717, 1.165) is 11.1 Å². The van der Waals surface area contributed by atoms with E-state index in [-0.39, 0.29) is 42.7 Å². The first kappa shape index (κ1) is 20.7. The van der Waals surface area contributed by atoms with Crippen LogP contribution in [0.5, 0.6) is 5.75 Å². The van der Waals surface area contributed by atoms with Crippen molar-refractivity contribution in [3.8, 4) is 5.75 Å². The number of hydrogen-bond acceptors (Lipinski definition) is 4. The van der Waals surface area contributed by atoms with Crippen molar-refractivity contribution in [2.75, 3.05) is 26.2 Å². The van der Waals surface area contributed by atoms with Crippen LogP contribution in [-0.4, -0.2) is 54.9 Å². The third-order valence-corrected chi connectivity index (χ3v) is 4.81. The van der Waals surface area contributed by atoms with Gasteiger partial charge in [0, 0.05) is 32.1 Å². The van der Waals surface area contributed by atoms with Crippen molar-refractivity contribution in [2.45, 2.75) is 40.2 Å². The Bertz CT molecular complexity index is 702. The number of carbonyl (C=O) groups excluding carboxylic acids is 3. The van der Waals surface area contributed by atoms with E-state index in [0.29, 0.717) is 25.4 Å². The monoisotopic (exact) mass is 375 g/mol. The highest BCUT2D eigenvalue weighted by atomic mass is 16.5. The van der Waals surface area contributed by atoms with Crippen molar-refractivity contribution in [1.29, 1.82) is 0 Å². The van der Waals surface area contributed by atoms with E-state index in [4.69, 9.17) is 4.74 Å². The molecule has 2 N–H and O–H groups in total. The number of carbonyl (C=O) groups is 3. The molecule has 1 unspecified atom stereocenters. The maximum absolute atomic E-state index is 12.2. The van der Waals surface area contributed by atoms with E-state index in [9.17, 15) is 14.4 Å². The average Bonchev–Trinajstić information content (AvgIpc) is 3.02. The molecule has 1 aliphatic heterocycles. The second kappa shape index (κ2) is 9.39. The summed E-state index contributed by atoms with van der Waals surface area (Å²) in [7, 11) is 0. The second-order valence-electron chi connectivity index (χ2n) is 7.17. The molecule has 1 aliphatic rings. The predicted octanol–water partition coefficient (Wildman–Crippen LogP) is 1.17. The Morgan fingerprint density at radius 1 is 1.22 bits per heavy atom. The minimum Gasteiger partial charge on any atom is -0.483 e. The van der Waals surface area contributed by atoms with Gasteiger partial charge in [0.15, 0.2) is 6.61 Å². The van der Waals surface area contributed by atoms with E-state index in [1.54, 1.807) is 4.90 Å². The SMILES string of the molecule is Cc1cccc(OCC(=O)NCCNC(=O)C2CC(=O)N(C(C)C)C2)c1C. The molecule has 7 nitrogen and oxygen atoms in total. The van der Waals surface area contributed by atoms with Gasteiger partial charge in [-0.2, -0.15) is 0 Å². The number of hydrogen-bond donors (Lipinski definition) is 2. The summed E-state index contributed by atoms with van der Waals surface area (Å²) in [4.78, 5) is 37.6. The van der Waals surface area contributed by atoms with Crippen molar-refractivity contribution in [3.05, 3.63) is 29.3 Å². The largest absolute Gasteiger partial charge is 0.483 e. The van der Waals surface area contributed by atoms with Gasteiger partial charge in [-0.1, -0.05) is 12.1 Å². The third-order valence-electron chi connectivity index (χ3n) is 4.81. The Morgan fingerprint density at radius 2 is 1.93 bits per heavy atom. The van der Waals surface area contributed by atoms with Gasteiger partial charge in [-0.25, -0.2) is 0 Å². The lowest BCUT2D eigenvalue weighted by molar-refractivity contribution is -0.129. The Morgan fingerprint density at radius 3 is 2.59 bits per heavy atom. The lowest BCUT2D eigenvalue weighted by Crippen LogP contribution is -2.40. The van der Waals surface area contributed by atoms with Gasteiger partial charge in [-0.3, -0.25) is 14.4 Å². The molecule has 0 aliphatic carbocycles. The zero-order valence-electron chi connectivity index (χ0n) is 16.5. The molecule has 0 bridgehead atoms. The number of amides is 3. The number of likely N-dealkylation sites (tertiary alicyclic amines) is 1. The Hall–Kier alpha value is -2.57. The van der Waals surface area contributed by atoms with E-state index < -0.39 is 0 Å². The maximum Gasteiger partial charge on any atom is 0.258 e. The molecule has 0 radical (unpaired) electrons. The van der Waals surface area contributed by atoms with Gasteiger partial charge in [0.05, 0.1) is 5.92 Å². The van der Waals surface area contributed by atoms with Crippen LogP contribution in [0.25, 0.3) is 0 Å². The van der Waals surface area contributed by atoms with Gasteiger partial charge in [0.2, 0.25) is 11.8 Å². The van der Waals surface area contributed by atoms with Gasteiger partial charge in [-0.05, 0) is 44.9 Å². The van der Waals surface area contributed by atoms with Crippen LogP contribution in [0.4, 0.5) is 0 Å². The first-order valence-corrected chi connectivity index (χ1v) is 9.32. The minimum atomic E-state index is -0.316. The van der Waals surface area contributed by atoms with Gasteiger partial charge in [0.1, 0.15) is 5.75 Å². The molecule has 3 amide bonds. The molecular formula is C20H29N3O4. The van der Waals surface area contributed by atoms with Crippen molar-refractivity contribution in [3.63, 3.8) is 0 Å². The summed E-state index contributed by atoms with van der Waals surface area (Å²) in [5, 5.41) is 5.49. The number of ether oxygens (including phenoxy) is 1. The van der Waals surface area contributed by atoms with Gasteiger partial charge >= 0.3 is 0 Å². The van der Waals surface area contributed by atoms with Crippen LogP contribution in [0.1, 0.15) is 31.4 Å². The molecule has 2 rings (SSSR count). The number of aryl methyl sites for hydroxylation is 1. The van der Waals surface area contributed by atoms with Gasteiger partial charge in [0.25, 0.3) is 5.91 Å². The molecule has 0 saturated carbocycles. The van der Waals surface area contributed by atoms with Crippen molar-refractivity contribution >= 4 is 17.7 Å². The average molecular weight is 375 g/mol. The topological polar surface area (TPSA) is 87.7 Å². The molecule has 0 aromatic heterocycles. The van der Waals surface area contributed by atoms with Crippen LogP contribution in [0, 0.1) is 19.8 Å². The molecule has 1 heterocycles. The van der Waals surface area contributed by atoms with Crippen LogP contribution in [0.15, 0.2) is 18.2 Å². The van der Waals surface area contributed by atoms with Gasteiger partial charge < -0.3 is 20.3 Å². The fourth-order valence-electron chi connectivity index (χ4n) is 3.01. The van der Waals surface area contributed by atoms with Crippen molar-refractivity contribution in [2.24, 2.45) is 5.92 Å². The second-order valence-corrected chi connectivity index (χ2v) is 7.17. The molecule has 0 spiro atoms. The molecular weight excluding hydrogens is 346 g/mol. The number of nitrogens with one attached hydrogen (secondary N) is 2. The molecule has 148 valence electrons. The van der Waals surface area contributed by atoms with E-state index >= 15 is 0 Å². The van der Waals surface area contributed by atoms with E-state index in [1.165, 1.54) is 0 Å². The number of rotatable bonds is 8. The molecule has 1 aromatic rings. The maximum atomic E-state index is 12.2. The highest BCUT2D eigenvalue weighted by molar-refractivity contribution is 5.89.